The van der Waals surface area contributed by atoms with Crippen LogP contribution in [0.1, 0.15) is 44.8 Å². The predicted molar refractivity (Wildman–Crippen MR) is 126 cm³/mol. The van der Waals surface area contributed by atoms with E-state index < -0.39 is 34.6 Å². The summed E-state index contributed by atoms with van der Waals surface area (Å²) in [5.74, 6) is -3.72. The first-order valence-electron chi connectivity index (χ1n) is 11.4. The SMILES string of the molecule is C[C@H]1CCN(Cc2nccs2)C2Cn3cc(C(=O)NCc4ccc(F)cc4F)c(=O)c(O)c3C(=O)N21. The first-order valence-corrected chi connectivity index (χ1v) is 12.3. The molecule has 1 saturated heterocycles. The number of benzene rings is 1. The summed E-state index contributed by atoms with van der Waals surface area (Å²) in [5.41, 5.74) is -1.50. The highest BCUT2D eigenvalue weighted by Crippen LogP contribution is 2.31. The monoisotopic (exact) mass is 515 g/mol. The molecule has 2 atom stereocenters. The van der Waals surface area contributed by atoms with Crippen LogP contribution in [-0.4, -0.2) is 55.0 Å². The number of nitrogens with one attached hydrogen (secondary N) is 1. The molecule has 2 aromatic heterocycles. The Balaban J connectivity index is 1.44. The van der Waals surface area contributed by atoms with Crippen molar-refractivity contribution in [1.29, 1.82) is 0 Å². The van der Waals surface area contributed by atoms with Gasteiger partial charge in [-0.05, 0) is 19.4 Å². The lowest BCUT2D eigenvalue weighted by atomic mass is 10.0. The molecule has 2 aliphatic heterocycles. The number of nitrogens with zero attached hydrogens (tertiary/aromatic N) is 4. The number of fused-ring (bicyclic) bond motifs is 2. The van der Waals surface area contributed by atoms with Gasteiger partial charge < -0.3 is 19.9 Å². The Labute approximate surface area is 208 Å². The molecule has 1 unspecified atom stereocenters. The summed E-state index contributed by atoms with van der Waals surface area (Å²) in [5, 5.41) is 15.9. The molecule has 0 bridgehead atoms. The van der Waals surface area contributed by atoms with Crippen LogP contribution in [0.2, 0.25) is 0 Å². The predicted octanol–water partition coefficient (Wildman–Crippen LogP) is 2.29. The van der Waals surface area contributed by atoms with Crippen LogP contribution in [0.25, 0.3) is 0 Å². The van der Waals surface area contributed by atoms with E-state index in [1.165, 1.54) is 28.2 Å². The number of rotatable bonds is 5. The van der Waals surface area contributed by atoms with Crippen LogP contribution >= 0.6 is 11.3 Å². The molecule has 0 radical (unpaired) electrons. The number of carbonyl (C=O) groups is 2. The van der Waals surface area contributed by atoms with E-state index in [0.29, 0.717) is 12.6 Å². The van der Waals surface area contributed by atoms with Gasteiger partial charge in [0, 0.05) is 48.5 Å². The number of halogens is 2. The van der Waals surface area contributed by atoms with Crippen molar-refractivity contribution in [2.75, 3.05) is 6.54 Å². The van der Waals surface area contributed by atoms with Gasteiger partial charge in [-0.1, -0.05) is 6.07 Å². The second-order valence-electron chi connectivity index (χ2n) is 8.87. The van der Waals surface area contributed by atoms with Gasteiger partial charge >= 0.3 is 0 Å². The minimum atomic E-state index is -0.991. The van der Waals surface area contributed by atoms with Gasteiger partial charge in [-0.25, -0.2) is 13.8 Å². The van der Waals surface area contributed by atoms with Gasteiger partial charge in [-0.3, -0.25) is 19.3 Å². The van der Waals surface area contributed by atoms with Crippen LogP contribution in [0.4, 0.5) is 8.78 Å². The number of aromatic nitrogens is 2. The summed E-state index contributed by atoms with van der Waals surface area (Å²) in [6.07, 6.45) is 3.34. The molecule has 0 saturated carbocycles. The maximum atomic E-state index is 13.9. The van der Waals surface area contributed by atoms with Gasteiger partial charge in [0.05, 0.1) is 13.1 Å². The summed E-state index contributed by atoms with van der Waals surface area (Å²) in [6.45, 7) is 3.13. The number of hydrogen-bond donors (Lipinski definition) is 2. The normalized spacial score (nSPS) is 19.6. The van der Waals surface area contributed by atoms with E-state index in [1.807, 2.05) is 12.3 Å². The maximum absolute atomic E-state index is 13.9. The fourth-order valence-corrected chi connectivity index (χ4v) is 5.39. The van der Waals surface area contributed by atoms with Crippen LogP contribution in [0.5, 0.6) is 5.75 Å². The topological polar surface area (TPSA) is 108 Å². The van der Waals surface area contributed by atoms with Gasteiger partial charge in [-0.15, -0.1) is 11.3 Å². The van der Waals surface area contributed by atoms with E-state index >= 15 is 0 Å². The van der Waals surface area contributed by atoms with Crippen LogP contribution in [-0.2, 0) is 19.6 Å². The van der Waals surface area contributed by atoms with Crippen LogP contribution in [0.15, 0.2) is 40.8 Å². The van der Waals surface area contributed by atoms with Gasteiger partial charge in [0.15, 0.2) is 11.4 Å². The molecule has 188 valence electrons. The van der Waals surface area contributed by atoms with Crippen molar-refractivity contribution in [3.63, 3.8) is 0 Å². The van der Waals surface area contributed by atoms with Gasteiger partial charge in [0.1, 0.15) is 28.4 Å². The average molecular weight is 516 g/mol. The largest absolute Gasteiger partial charge is 0.503 e. The molecule has 0 spiro atoms. The first kappa shape index (κ1) is 24.1. The second-order valence-corrected chi connectivity index (χ2v) is 9.85. The fraction of sp³-hybridized carbons (Fsp3) is 0.333. The third kappa shape index (κ3) is 4.26. The second kappa shape index (κ2) is 9.43. The van der Waals surface area contributed by atoms with Crippen LogP contribution in [0, 0.1) is 11.6 Å². The summed E-state index contributed by atoms with van der Waals surface area (Å²) in [4.78, 5) is 47.2. The first-order chi connectivity index (χ1) is 17.2. The summed E-state index contributed by atoms with van der Waals surface area (Å²) in [7, 11) is 0. The Morgan fingerprint density at radius 1 is 1.31 bits per heavy atom. The van der Waals surface area contributed by atoms with Crippen LogP contribution in [0.3, 0.4) is 0 Å². The van der Waals surface area contributed by atoms with Crippen molar-refractivity contribution in [1.82, 2.24) is 24.7 Å². The molecule has 3 aromatic rings. The molecule has 1 fully saturated rings. The van der Waals surface area contributed by atoms with Crippen molar-refractivity contribution in [3.8, 4) is 5.75 Å². The highest BCUT2D eigenvalue weighted by atomic mass is 32.1. The lowest BCUT2D eigenvalue weighted by Gasteiger charge is -2.50. The van der Waals surface area contributed by atoms with Crippen molar-refractivity contribution in [2.45, 2.75) is 45.2 Å². The number of aromatic hydroxyl groups is 1. The summed E-state index contributed by atoms with van der Waals surface area (Å²) >= 11 is 1.51. The molecule has 4 heterocycles. The van der Waals surface area contributed by atoms with E-state index in [-0.39, 0.29) is 42.1 Å². The number of carbonyl (C=O) groups excluding carboxylic acids is 2. The molecule has 9 nitrogen and oxygen atoms in total. The number of amides is 2. The van der Waals surface area contributed by atoms with Crippen molar-refractivity contribution in [3.05, 3.63) is 79.7 Å². The smallest absolute Gasteiger partial charge is 0.276 e. The third-order valence-corrected chi connectivity index (χ3v) is 7.39. The lowest BCUT2D eigenvalue weighted by molar-refractivity contribution is -0.0363. The molecule has 12 heteroatoms. The zero-order chi connectivity index (χ0) is 25.6. The summed E-state index contributed by atoms with van der Waals surface area (Å²) in [6, 6.07) is 2.84. The average Bonchev–Trinajstić information content (AvgIpc) is 3.35. The minimum absolute atomic E-state index is 0.0341. The molecular formula is C24H23F2N5O4S. The van der Waals surface area contributed by atoms with E-state index in [2.05, 4.69) is 15.2 Å². The van der Waals surface area contributed by atoms with Gasteiger partial charge in [0.2, 0.25) is 5.43 Å². The van der Waals surface area contributed by atoms with Gasteiger partial charge in [0.25, 0.3) is 11.8 Å². The molecule has 0 aliphatic carbocycles. The molecular weight excluding hydrogens is 492 g/mol. The van der Waals surface area contributed by atoms with Crippen molar-refractivity contribution >= 4 is 23.2 Å². The molecule has 2 amide bonds. The molecule has 2 N–H and O–H groups in total. The van der Waals surface area contributed by atoms with E-state index in [4.69, 9.17) is 0 Å². The molecule has 36 heavy (non-hydrogen) atoms. The molecule has 1 aromatic carbocycles. The quantitative estimate of drug-likeness (QED) is 0.540. The Hall–Kier alpha value is -3.64. The highest BCUT2D eigenvalue weighted by molar-refractivity contribution is 7.09. The Bertz CT molecular complexity index is 1390. The Kier molecular flexibility index (Phi) is 6.31. The maximum Gasteiger partial charge on any atom is 0.276 e. The lowest BCUT2D eigenvalue weighted by Crippen LogP contribution is -2.63. The zero-order valence-corrected chi connectivity index (χ0v) is 20.1. The standard InChI is InChI=1S/C24H23F2N5O4S/c1-13-4-6-29(11-18-27-5-7-36-18)19-12-30-10-16(21(32)22(33)20(30)24(35)31(13)19)23(34)28-9-14-2-3-15(25)8-17(14)26/h2-3,5,7-8,10,13,19,33H,4,6,9,11-12H2,1H3,(H,28,34)/t13-,19?/m0/s1. The van der Waals surface area contributed by atoms with E-state index in [1.54, 1.807) is 11.1 Å². The number of pyridine rings is 1. The number of thiazole rings is 1. The zero-order valence-electron chi connectivity index (χ0n) is 19.3. The molecule has 2 aliphatic rings. The fourth-order valence-electron chi connectivity index (χ4n) is 4.75. The summed E-state index contributed by atoms with van der Waals surface area (Å²) < 4.78 is 28.5. The Morgan fingerprint density at radius 2 is 2.11 bits per heavy atom. The van der Waals surface area contributed by atoms with E-state index in [9.17, 15) is 28.3 Å². The third-order valence-electron chi connectivity index (χ3n) is 6.63. The minimum Gasteiger partial charge on any atom is -0.503 e. The Morgan fingerprint density at radius 3 is 2.83 bits per heavy atom. The number of hydrogen-bond acceptors (Lipinski definition) is 7. The van der Waals surface area contributed by atoms with Gasteiger partial charge in [-0.2, -0.15) is 0 Å². The van der Waals surface area contributed by atoms with Crippen LogP contribution < -0.4 is 10.7 Å². The van der Waals surface area contributed by atoms with Crippen molar-refractivity contribution < 1.29 is 23.5 Å². The van der Waals surface area contributed by atoms with Crippen molar-refractivity contribution in [2.24, 2.45) is 0 Å². The highest BCUT2D eigenvalue weighted by Gasteiger charge is 2.43. The van der Waals surface area contributed by atoms with E-state index in [0.717, 1.165) is 24.0 Å². The molecule has 5 rings (SSSR count).